The first-order valence-electron chi connectivity index (χ1n) is 13.2. The molecule has 1 aliphatic heterocycles. The second-order valence-electron chi connectivity index (χ2n) is 10.1. The van der Waals surface area contributed by atoms with Gasteiger partial charge in [0.2, 0.25) is 0 Å². The topological polar surface area (TPSA) is 107 Å². The van der Waals surface area contributed by atoms with Crippen molar-refractivity contribution in [2.24, 2.45) is 0 Å². The zero-order chi connectivity index (χ0) is 29.3. The summed E-state index contributed by atoms with van der Waals surface area (Å²) in [5.74, 6) is 0.825. The highest BCUT2D eigenvalue weighted by Gasteiger charge is 2.37. The van der Waals surface area contributed by atoms with Crippen molar-refractivity contribution in [1.29, 1.82) is 0 Å². The van der Waals surface area contributed by atoms with Gasteiger partial charge in [0.25, 0.3) is 11.8 Å². The quantitative estimate of drug-likeness (QED) is 0.260. The average Bonchev–Trinajstić information content (AvgIpc) is 3.36. The number of carbonyl (C=O) groups excluding carboxylic acids is 2. The molecule has 2 amide bonds. The number of para-hydroxylation sites is 1. The highest BCUT2D eigenvalue weighted by molar-refractivity contribution is 6.09. The Hall–Kier alpha value is -5.05. The monoisotopic (exact) mass is 551 g/mol. The molecular weight excluding hydrogens is 518 g/mol. The van der Waals surface area contributed by atoms with Crippen molar-refractivity contribution >= 4 is 29.0 Å². The summed E-state index contributed by atoms with van der Waals surface area (Å²) >= 11 is 0. The number of carbonyl (C=O) groups is 2. The van der Waals surface area contributed by atoms with Crippen molar-refractivity contribution in [3.05, 3.63) is 106 Å². The molecule has 0 bridgehead atoms. The zero-order valence-corrected chi connectivity index (χ0v) is 24.0. The molecule has 0 saturated carbocycles. The van der Waals surface area contributed by atoms with Gasteiger partial charge in [0.05, 0.1) is 26.0 Å². The number of aryl methyl sites for hydroxylation is 3. The van der Waals surface area contributed by atoms with Crippen LogP contribution in [0.2, 0.25) is 0 Å². The smallest absolute Gasteiger partial charge is 0.261 e. The number of ether oxygens (including phenoxy) is 2. The van der Waals surface area contributed by atoms with E-state index in [0.717, 1.165) is 16.7 Å². The van der Waals surface area contributed by atoms with Crippen LogP contribution >= 0.6 is 0 Å². The fourth-order valence-corrected chi connectivity index (χ4v) is 5.19. The van der Waals surface area contributed by atoms with Crippen LogP contribution in [-0.4, -0.2) is 35.8 Å². The van der Waals surface area contributed by atoms with Gasteiger partial charge in [-0.1, -0.05) is 42.0 Å². The summed E-state index contributed by atoms with van der Waals surface area (Å²) in [5.41, 5.74) is 6.48. The van der Waals surface area contributed by atoms with Crippen LogP contribution < -0.4 is 25.4 Å². The van der Waals surface area contributed by atoms with Crippen LogP contribution in [0.1, 0.15) is 45.6 Å². The number of hydrogen-bond acceptors (Lipinski definition) is 6. The number of amides is 2. The van der Waals surface area contributed by atoms with Gasteiger partial charge in [0.1, 0.15) is 17.4 Å². The van der Waals surface area contributed by atoms with Gasteiger partial charge in [-0.3, -0.25) is 9.59 Å². The summed E-state index contributed by atoms with van der Waals surface area (Å²) in [6.45, 7) is 7.74. The normalized spacial score (nSPS) is 14.1. The minimum absolute atomic E-state index is 0.302. The number of anilines is 3. The van der Waals surface area contributed by atoms with Crippen molar-refractivity contribution in [3.63, 3.8) is 0 Å². The van der Waals surface area contributed by atoms with E-state index in [4.69, 9.17) is 9.47 Å². The summed E-state index contributed by atoms with van der Waals surface area (Å²) < 4.78 is 13.0. The SMILES string of the molecule is COc1cccc(C2C(C(=O)Nc3ccc(C)cc3C)=C(C)Nc3c(C(=O)Nc4cccc(C)c4)cnn32)c1OC. The zero-order valence-electron chi connectivity index (χ0n) is 24.0. The molecule has 0 aliphatic carbocycles. The first kappa shape index (κ1) is 27.5. The molecule has 210 valence electrons. The highest BCUT2D eigenvalue weighted by Crippen LogP contribution is 2.44. The number of nitrogens with zero attached hydrogens (tertiary/aromatic N) is 2. The third-order valence-corrected chi connectivity index (χ3v) is 7.15. The summed E-state index contributed by atoms with van der Waals surface area (Å²) in [4.78, 5) is 27.4. The maximum atomic E-state index is 14.0. The largest absolute Gasteiger partial charge is 0.493 e. The Morgan fingerprint density at radius 2 is 1.63 bits per heavy atom. The lowest BCUT2D eigenvalue weighted by atomic mass is 9.93. The van der Waals surface area contributed by atoms with E-state index in [2.05, 4.69) is 21.0 Å². The van der Waals surface area contributed by atoms with Crippen LogP contribution in [0, 0.1) is 20.8 Å². The fourth-order valence-electron chi connectivity index (χ4n) is 5.19. The van der Waals surface area contributed by atoms with Crippen LogP contribution in [0.4, 0.5) is 17.2 Å². The van der Waals surface area contributed by atoms with Crippen molar-refractivity contribution < 1.29 is 19.1 Å². The third-order valence-electron chi connectivity index (χ3n) is 7.15. The Kier molecular flexibility index (Phi) is 7.52. The Morgan fingerprint density at radius 3 is 2.34 bits per heavy atom. The molecule has 1 unspecified atom stereocenters. The van der Waals surface area contributed by atoms with Crippen LogP contribution in [0.3, 0.4) is 0 Å². The lowest BCUT2D eigenvalue weighted by molar-refractivity contribution is -0.113. The van der Waals surface area contributed by atoms with E-state index in [-0.39, 0.29) is 11.8 Å². The second-order valence-corrected chi connectivity index (χ2v) is 10.1. The maximum absolute atomic E-state index is 14.0. The molecule has 0 fully saturated rings. The fraction of sp³-hybridized carbons (Fsp3) is 0.219. The number of rotatable bonds is 7. The van der Waals surface area contributed by atoms with Crippen LogP contribution in [0.25, 0.3) is 0 Å². The predicted molar refractivity (Wildman–Crippen MR) is 160 cm³/mol. The highest BCUT2D eigenvalue weighted by atomic mass is 16.5. The number of benzene rings is 3. The molecule has 3 N–H and O–H groups in total. The van der Waals surface area contributed by atoms with Crippen molar-refractivity contribution in [2.45, 2.75) is 33.7 Å². The molecule has 4 aromatic rings. The summed E-state index contributed by atoms with van der Waals surface area (Å²) in [6, 6.07) is 18.2. The van der Waals surface area contributed by atoms with E-state index in [1.54, 1.807) is 25.0 Å². The summed E-state index contributed by atoms with van der Waals surface area (Å²) in [5, 5.41) is 13.9. The third kappa shape index (κ3) is 5.26. The number of methoxy groups -OCH3 is 2. The van der Waals surface area contributed by atoms with Gasteiger partial charge in [-0.15, -0.1) is 0 Å². The van der Waals surface area contributed by atoms with Crippen molar-refractivity contribution in [3.8, 4) is 11.5 Å². The lowest BCUT2D eigenvalue weighted by Crippen LogP contribution is -2.32. The first-order valence-corrected chi connectivity index (χ1v) is 13.2. The molecule has 41 heavy (non-hydrogen) atoms. The lowest BCUT2D eigenvalue weighted by Gasteiger charge is -2.31. The number of aromatic nitrogens is 2. The second kappa shape index (κ2) is 11.2. The molecule has 2 heterocycles. The molecule has 1 atom stereocenters. The summed E-state index contributed by atoms with van der Waals surface area (Å²) in [6.07, 6.45) is 1.51. The van der Waals surface area contributed by atoms with Gasteiger partial charge < -0.3 is 25.4 Å². The van der Waals surface area contributed by atoms with E-state index in [0.29, 0.717) is 51.1 Å². The van der Waals surface area contributed by atoms with E-state index in [9.17, 15) is 9.59 Å². The van der Waals surface area contributed by atoms with Gasteiger partial charge in [-0.2, -0.15) is 5.10 Å². The maximum Gasteiger partial charge on any atom is 0.261 e. The van der Waals surface area contributed by atoms with Gasteiger partial charge in [-0.25, -0.2) is 4.68 Å². The van der Waals surface area contributed by atoms with Gasteiger partial charge in [-0.05, 0) is 63.1 Å². The molecular formula is C32H33N5O4. The molecule has 1 aliphatic rings. The number of hydrogen-bond donors (Lipinski definition) is 3. The molecule has 3 aromatic carbocycles. The standard InChI is InChI=1S/C32H33N5O4/c1-18-9-7-10-22(16-18)35-31(38)24-17-33-37-28(23-11-8-12-26(40-5)29(23)41-6)27(21(4)34-30(24)37)32(39)36-25-14-13-19(2)15-20(25)3/h7-17,28,34H,1-6H3,(H,35,38)(H,36,39). The van der Waals surface area contributed by atoms with E-state index in [1.807, 2.05) is 82.3 Å². The molecule has 9 heteroatoms. The Balaban J connectivity index is 1.61. The Morgan fingerprint density at radius 1 is 0.878 bits per heavy atom. The van der Waals surface area contributed by atoms with E-state index < -0.39 is 6.04 Å². The number of nitrogens with one attached hydrogen (secondary N) is 3. The van der Waals surface area contributed by atoms with E-state index >= 15 is 0 Å². The molecule has 0 saturated heterocycles. The molecule has 5 rings (SSSR count). The van der Waals surface area contributed by atoms with Crippen LogP contribution in [0.15, 0.2) is 78.1 Å². The van der Waals surface area contributed by atoms with Gasteiger partial charge >= 0.3 is 0 Å². The first-order chi connectivity index (χ1) is 19.7. The van der Waals surface area contributed by atoms with Gasteiger partial charge in [0.15, 0.2) is 11.5 Å². The molecule has 9 nitrogen and oxygen atoms in total. The van der Waals surface area contributed by atoms with Crippen molar-refractivity contribution in [2.75, 3.05) is 30.2 Å². The summed E-state index contributed by atoms with van der Waals surface area (Å²) in [7, 11) is 3.12. The predicted octanol–water partition coefficient (Wildman–Crippen LogP) is 6.01. The minimum atomic E-state index is -0.720. The van der Waals surface area contributed by atoms with Gasteiger partial charge in [0, 0.05) is 22.6 Å². The Labute approximate surface area is 239 Å². The minimum Gasteiger partial charge on any atom is -0.493 e. The van der Waals surface area contributed by atoms with Crippen molar-refractivity contribution in [1.82, 2.24) is 9.78 Å². The Bertz CT molecular complexity index is 1690. The molecule has 0 radical (unpaired) electrons. The number of allylic oxidation sites excluding steroid dienone is 1. The molecule has 0 spiro atoms. The van der Waals surface area contributed by atoms with E-state index in [1.165, 1.54) is 6.20 Å². The van der Waals surface area contributed by atoms with Crippen LogP contribution in [-0.2, 0) is 4.79 Å². The average molecular weight is 552 g/mol. The number of fused-ring (bicyclic) bond motifs is 1. The van der Waals surface area contributed by atoms with Crippen LogP contribution in [0.5, 0.6) is 11.5 Å². The molecule has 1 aromatic heterocycles.